The van der Waals surface area contributed by atoms with Crippen LogP contribution < -0.4 is 10.2 Å². The number of rotatable bonds is 4. The topological polar surface area (TPSA) is 52.7 Å². The molecule has 1 fully saturated rings. The van der Waals surface area contributed by atoms with Gasteiger partial charge in [-0.3, -0.25) is 9.59 Å². The van der Waals surface area contributed by atoms with Crippen molar-refractivity contribution in [1.29, 1.82) is 0 Å². The lowest BCUT2D eigenvalue weighted by Gasteiger charge is -2.37. The van der Waals surface area contributed by atoms with Gasteiger partial charge in [0.25, 0.3) is 5.91 Å². The second kappa shape index (κ2) is 10.2. The van der Waals surface area contributed by atoms with Crippen molar-refractivity contribution in [2.45, 2.75) is 12.1 Å². The average molecular weight is 542 g/mol. The van der Waals surface area contributed by atoms with Crippen molar-refractivity contribution < 1.29 is 22.8 Å². The van der Waals surface area contributed by atoms with Crippen molar-refractivity contribution in [3.8, 4) is 11.1 Å². The van der Waals surface area contributed by atoms with Gasteiger partial charge in [0.1, 0.15) is 0 Å². The van der Waals surface area contributed by atoms with Crippen LogP contribution in [0.15, 0.2) is 97.1 Å². The molecule has 0 radical (unpaired) electrons. The Hall–Kier alpha value is -4.59. The number of nitrogens with zero attached hydrogens (tertiary/aromatic N) is 2. The van der Waals surface area contributed by atoms with Gasteiger partial charge in [-0.25, -0.2) is 0 Å². The second-order valence-corrected chi connectivity index (χ2v) is 10.00. The van der Waals surface area contributed by atoms with Gasteiger partial charge in [-0.05, 0) is 64.7 Å². The highest BCUT2D eigenvalue weighted by Crippen LogP contribution is 2.45. The quantitative estimate of drug-likeness (QED) is 0.325. The molecule has 0 bridgehead atoms. The summed E-state index contributed by atoms with van der Waals surface area (Å²) in [6.45, 7) is 2.51. The third-order valence-electron chi connectivity index (χ3n) is 7.61. The molecular weight excluding hydrogens is 515 g/mol. The molecule has 2 aliphatic rings. The Labute approximate surface area is 229 Å². The zero-order valence-corrected chi connectivity index (χ0v) is 21.5. The maximum Gasteiger partial charge on any atom is 0.416 e. The Kier molecular flexibility index (Phi) is 6.54. The predicted octanol–water partition coefficient (Wildman–Crippen LogP) is 6.42. The normalized spacial score (nSPS) is 15.0. The first-order valence-electron chi connectivity index (χ1n) is 13.1. The van der Waals surface area contributed by atoms with E-state index in [2.05, 4.69) is 22.3 Å². The Balaban J connectivity index is 1.09. The van der Waals surface area contributed by atoms with Crippen molar-refractivity contribution in [3.63, 3.8) is 0 Å². The molecule has 0 spiro atoms. The van der Waals surface area contributed by atoms with Crippen LogP contribution >= 0.6 is 0 Å². The van der Waals surface area contributed by atoms with Gasteiger partial charge in [0.2, 0.25) is 5.91 Å². The summed E-state index contributed by atoms with van der Waals surface area (Å²) in [6.07, 6.45) is -4.52. The third-order valence-corrected chi connectivity index (χ3v) is 7.61. The molecule has 1 heterocycles. The van der Waals surface area contributed by atoms with Gasteiger partial charge in [0.15, 0.2) is 0 Å². The van der Waals surface area contributed by atoms with Crippen LogP contribution in [0, 0.1) is 0 Å². The molecule has 1 saturated heterocycles. The number of halogens is 3. The minimum atomic E-state index is -4.52. The molecule has 6 rings (SSSR count). The van der Waals surface area contributed by atoms with Crippen LogP contribution in [0.2, 0.25) is 0 Å². The molecule has 1 N–H and O–H groups in total. The number of amides is 2. The monoisotopic (exact) mass is 541 g/mol. The summed E-state index contributed by atoms with van der Waals surface area (Å²) in [5, 5.41) is 2.66. The standard InChI is InChI=1S/C32H26F3N3O2/c33-32(34,35)22-7-5-6-21(20-22)30(39)36-23-12-14-24(15-13-23)37-16-18-38(19-17-37)31(40)29-27-10-3-1-8-25(27)26-9-2-4-11-28(26)29/h1-15,20,29H,16-19H2,(H,36,39). The second-order valence-electron chi connectivity index (χ2n) is 10.00. The van der Waals surface area contributed by atoms with Gasteiger partial charge in [-0.15, -0.1) is 0 Å². The number of piperazine rings is 1. The molecule has 4 aromatic carbocycles. The first-order chi connectivity index (χ1) is 19.3. The first kappa shape index (κ1) is 25.7. The fourth-order valence-corrected chi connectivity index (χ4v) is 5.58. The zero-order chi connectivity index (χ0) is 27.9. The number of nitrogens with one attached hydrogen (secondary N) is 1. The van der Waals surface area contributed by atoms with Gasteiger partial charge in [-0.2, -0.15) is 13.2 Å². The van der Waals surface area contributed by atoms with Gasteiger partial charge >= 0.3 is 6.18 Å². The first-order valence-corrected chi connectivity index (χ1v) is 13.1. The summed E-state index contributed by atoms with van der Waals surface area (Å²) in [6, 6.07) is 27.7. The highest BCUT2D eigenvalue weighted by atomic mass is 19.4. The van der Waals surface area contributed by atoms with Crippen LogP contribution in [0.3, 0.4) is 0 Å². The van der Waals surface area contributed by atoms with Gasteiger partial charge < -0.3 is 15.1 Å². The molecule has 0 aromatic heterocycles. The summed E-state index contributed by atoms with van der Waals surface area (Å²) in [4.78, 5) is 30.3. The molecule has 4 aromatic rings. The van der Waals surface area contributed by atoms with Crippen LogP contribution in [-0.2, 0) is 11.0 Å². The van der Waals surface area contributed by atoms with E-state index in [-0.39, 0.29) is 17.4 Å². The highest BCUT2D eigenvalue weighted by molar-refractivity contribution is 6.04. The highest BCUT2D eigenvalue weighted by Gasteiger charge is 2.37. The third kappa shape index (κ3) is 4.81. The SMILES string of the molecule is O=C(Nc1ccc(N2CCN(C(=O)C3c4ccccc4-c4ccccc43)CC2)cc1)c1cccc(C(F)(F)F)c1. The zero-order valence-electron chi connectivity index (χ0n) is 21.5. The van der Waals surface area contributed by atoms with E-state index in [1.165, 1.54) is 12.1 Å². The van der Waals surface area contributed by atoms with Crippen LogP contribution in [0.25, 0.3) is 11.1 Å². The summed E-state index contributed by atoms with van der Waals surface area (Å²) < 4.78 is 39.0. The van der Waals surface area contributed by atoms with E-state index in [0.29, 0.717) is 31.9 Å². The number of hydrogen-bond acceptors (Lipinski definition) is 3. The van der Waals surface area contributed by atoms with Crippen molar-refractivity contribution in [2.75, 3.05) is 36.4 Å². The lowest BCUT2D eigenvalue weighted by atomic mass is 9.95. The number of alkyl halides is 3. The summed E-state index contributed by atoms with van der Waals surface area (Å²) in [5.74, 6) is -0.788. The summed E-state index contributed by atoms with van der Waals surface area (Å²) in [5.41, 5.74) is 4.85. The van der Waals surface area contributed by atoms with E-state index < -0.39 is 17.6 Å². The molecule has 0 atom stereocenters. The average Bonchev–Trinajstić information content (AvgIpc) is 3.31. The number of carbonyl (C=O) groups excluding carboxylic acids is 2. The number of anilines is 2. The molecule has 2 amide bonds. The maximum absolute atomic E-state index is 13.7. The molecule has 0 saturated carbocycles. The lowest BCUT2D eigenvalue weighted by molar-refractivity contribution is -0.137. The minimum absolute atomic E-state index is 0.0628. The van der Waals surface area contributed by atoms with Gasteiger partial charge in [0, 0.05) is 43.1 Å². The predicted molar refractivity (Wildman–Crippen MR) is 148 cm³/mol. The van der Waals surface area contributed by atoms with Crippen LogP contribution in [-0.4, -0.2) is 42.9 Å². The summed E-state index contributed by atoms with van der Waals surface area (Å²) in [7, 11) is 0. The van der Waals surface area contributed by atoms with Crippen LogP contribution in [0.5, 0.6) is 0 Å². The minimum Gasteiger partial charge on any atom is -0.368 e. The lowest BCUT2D eigenvalue weighted by Crippen LogP contribution is -2.50. The van der Waals surface area contributed by atoms with Gasteiger partial charge in [0.05, 0.1) is 11.5 Å². The summed E-state index contributed by atoms with van der Waals surface area (Å²) >= 11 is 0. The van der Waals surface area contributed by atoms with E-state index in [0.717, 1.165) is 40.1 Å². The van der Waals surface area contributed by atoms with E-state index in [1.54, 1.807) is 12.1 Å². The van der Waals surface area contributed by atoms with Gasteiger partial charge in [-0.1, -0.05) is 54.6 Å². The Morgan fingerprint density at radius 1 is 0.725 bits per heavy atom. The largest absolute Gasteiger partial charge is 0.416 e. The van der Waals surface area contributed by atoms with Crippen molar-refractivity contribution >= 4 is 23.2 Å². The molecule has 8 heteroatoms. The molecule has 1 aliphatic heterocycles. The van der Waals surface area contributed by atoms with Crippen LogP contribution in [0.4, 0.5) is 24.5 Å². The Bertz CT molecular complexity index is 1530. The number of fused-ring (bicyclic) bond motifs is 3. The molecule has 1 aliphatic carbocycles. The van der Waals surface area contributed by atoms with Crippen LogP contribution in [0.1, 0.15) is 33.0 Å². The van der Waals surface area contributed by atoms with Crippen molar-refractivity contribution in [2.24, 2.45) is 0 Å². The molecule has 40 heavy (non-hydrogen) atoms. The van der Waals surface area contributed by atoms with E-state index in [1.807, 2.05) is 53.4 Å². The van der Waals surface area contributed by atoms with Crippen molar-refractivity contribution in [3.05, 3.63) is 119 Å². The Morgan fingerprint density at radius 2 is 1.32 bits per heavy atom. The molecular formula is C32H26F3N3O2. The van der Waals surface area contributed by atoms with Crippen molar-refractivity contribution in [1.82, 2.24) is 4.90 Å². The Morgan fingerprint density at radius 3 is 1.93 bits per heavy atom. The number of carbonyl (C=O) groups is 2. The van der Waals surface area contributed by atoms with E-state index >= 15 is 0 Å². The number of benzene rings is 4. The van der Waals surface area contributed by atoms with E-state index in [4.69, 9.17) is 0 Å². The van der Waals surface area contributed by atoms with E-state index in [9.17, 15) is 22.8 Å². The smallest absolute Gasteiger partial charge is 0.368 e. The fraction of sp³-hybridized carbons (Fsp3) is 0.188. The molecule has 5 nitrogen and oxygen atoms in total. The maximum atomic E-state index is 13.7. The number of hydrogen-bond donors (Lipinski definition) is 1. The molecule has 202 valence electrons. The fourth-order valence-electron chi connectivity index (χ4n) is 5.58. The molecule has 0 unspecified atom stereocenters.